The molecule has 1 atom stereocenters. The lowest BCUT2D eigenvalue weighted by molar-refractivity contribution is 0.104. The van der Waals surface area contributed by atoms with Gasteiger partial charge in [0.05, 0.1) is 38.8 Å². The number of thiazole rings is 1. The zero-order valence-electron chi connectivity index (χ0n) is 16.0. The number of hydrogen-bond donors (Lipinski definition) is 2. The molecule has 0 aliphatic carbocycles. The molecular weight excluding hydrogens is 465 g/mol. The van der Waals surface area contributed by atoms with Gasteiger partial charge < -0.3 is 15.8 Å². The average Bonchev–Trinajstić information content (AvgIpc) is 3.08. The predicted octanol–water partition coefficient (Wildman–Crippen LogP) is 5.15. The summed E-state index contributed by atoms with van der Waals surface area (Å²) in [7, 11) is -1.18. The molecule has 1 heterocycles. The minimum absolute atomic E-state index is 0.0833. The number of ketones is 1. The Morgan fingerprint density at radius 3 is 2.63 bits per heavy atom. The predicted molar refractivity (Wildman–Crippen MR) is 124 cm³/mol. The van der Waals surface area contributed by atoms with Crippen molar-refractivity contribution in [2.45, 2.75) is 11.8 Å². The molecule has 3 N–H and O–H groups in total. The van der Waals surface area contributed by atoms with Crippen molar-refractivity contribution in [3.63, 3.8) is 0 Å². The van der Waals surface area contributed by atoms with Gasteiger partial charge in [0.25, 0.3) is 0 Å². The van der Waals surface area contributed by atoms with Crippen LogP contribution in [0.5, 0.6) is 0 Å². The molecule has 3 rings (SSSR count). The van der Waals surface area contributed by atoms with Crippen LogP contribution in [0.2, 0.25) is 10.0 Å². The fraction of sp³-hybridized carbons (Fsp3) is 0.200. The van der Waals surface area contributed by atoms with Crippen LogP contribution in [0.25, 0.3) is 0 Å². The van der Waals surface area contributed by atoms with Gasteiger partial charge in [-0.1, -0.05) is 46.7 Å². The molecule has 30 heavy (non-hydrogen) atoms. The molecule has 0 aliphatic heterocycles. The molecule has 0 bridgehead atoms. The highest BCUT2D eigenvalue weighted by molar-refractivity contribution is 7.85. The van der Waals surface area contributed by atoms with E-state index in [1.807, 2.05) is 13.0 Å². The van der Waals surface area contributed by atoms with Gasteiger partial charge in [0.15, 0.2) is 5.13 Å². The number of halogens is 2. The van der Waals surface area contributed by atoms with E-state index >= 15 is 0 Å². The molecular formula is C20H19Cl2N3O3S2. The van der Waals surface area contributed by atoms with Gasteiger partial charge in [0, 0.05) is 17.2 Å². The standard InChI is InChI=1S/C20H19Cl2N3O3S2/c1-2-28-9-10-30(27)13-6-3-5-12(11-13)24-20-25-19(23)18(29-20)17(26)16-14(21)7-4-8-15(16)22/h3-8,11H,2,9-10,23H2,1H3,(H,24,25). The molecule has 0 saturated heterocycles. The lowest BCUT2D eigenvalue weighted by atomic mass is 10.1. The van der Waals surface area contributed by atoms with Crippen LogP contribution in [0.1, 0.15) is 22.2 Å². The quantitative estimate of drug-likeness (QED) is 0.322. The van der Waals surface area contributed by atoms with E-state index in [0.717, 1.165) is 11.3 Å². The lowest BCUT2D eigenvalue weighted by Crippen LogP contribution is -2.06. The number of nitrogens with two attached hydrogens (primary N) is 1. The van der Waals surface area contributed by atoms with Gasteiger partial charge >= 0.3 is 0 Å². The summed E-state index contributed by atoms with van der Waals surface area (Å²) in [5, 5.41) is 4.03. The van der Waals surface area contributed by atoms with Crippen LogP contribution in [-0.4, -0.2) is 33.9 Å². The van der Waals surface area contributed by atoms with Crippen molar-refractivity contribution in [2.24, 2.45) is 0 Å². The third-order valence-electron chi connectivity index (χ3n) is 4.01. The maximum atomic E-state index is 12.9. The van der Waals surface area contributed by atoms with Crippen LogP contribution in [-0.2, 0) is 15.5 Å². The molecule has 0 fully saturated rings. The molecule has 0 spiro atoms. The molecule has 1 unspecified atom stereocenters. The first-order valence-electron chi connectivity index (χ1n) is 8.99. The summed E-state index contributed by atoms with van der Waals surface area (Å²) < 4.78 is 17.7. The van der Waals surface area contributed by atoms with Crippen molar-refractivity contribution in [2.75, 3.05) is 30.0 Å². The second-order valence-corrected chi connectivity index (χ2v) is 9.44. The summed E-state index contributed by atoms with van der Waals surface area (Å²) >= 11 is 13.4. The van der Waals surface area contributed by atoms with Crippen molar-refractivity contribution in [1.29, 1.82) is 0 Å². The number of benzene rings is 2. The van der Waals surface area contributed by atoms with E-state index in [1.165, 1.54) is 0 Å². The Hall–Kier alpha value is -1.97. The van der Waals surface area contributed by atoms with Crippen molar-refractivity contribution < 1.29 is 13.7 Å². The van der Waals surface area contributed by atoms with E-state index in [4.69, 9.17) is 33.7 Å². The van der Waals surface area contributed by atoms with Gasteiger partial charge in [-0.2, -0.15) is 0 Å². The topological polar surface area (TPSA) is 94.3 Å². The van der Waals surface area contributed by atoms with Gasteiger partial charge in [-0.15, -0.1) is 0 Å². The number of carbonyl (C=O) groups excluding carboxylic acids is 1. The normalized spacial score (nSPS) is 12.0. The van der Waals surface area contributed by atoms with Gasteiger partial charge in [0.1, 0.15) is 10.7 Å². The van der Waals surface area contributed by atoms with Crippen molar-refractivity contribution in [3.05, 3.63) is 63.0 Å². The number of nitrogen functional groups attached to an aromatic ring is 1. The van der Waals surface area contributed by atoms with Gasteiger partial charge in [-0.3, -0.25) is 9.00 Å². The maximum absolute atomic E-state index is 12.9. The minimum atomic E-state index is -1.18. The fourth-order valence-electron chi connectivity index (χ4n) is 2.61. The van der Waals surface area contributed by atoms with Crippen molar-refractivity contribution in [1.82, 2.24) is 4.98 Å². The lowest BCUT2D eigenvalue weighted by Gasteiger charge is -2.06. The Morgan fingerprint density at radius 2 is 1.93 bits per heavy atom. The zero-order valence-corrected chi connectivity index (χ0v) is 19.1. The van der Waals surface area contributed by atoms with E-state index < -0.39 is 10.8 Å². The number of hydrogen-bond acceptors (Lipinski definition) is 7. The van der Waals surface area contributed by atoms with Gasteiger partial charge in [-0.05, 0) is 37.3 Å². The molecule has 3 aromatic rings. The zero-order chi connectivity index (χ0) is 21.7. The largest absolute Gasteiger partial charge is 0.382 e. The highest BCUT2D eigenvalue weighted by Gasteiger charge is 2.22. The number of nitrogens with zero attached hydrogens (tertiary/aromatic N) is 1. The van der Waals surface area contributed by atoms with Crippen LogP contribution < -0.4 is 11.1 Å². The van der Waals surface area contributed by atoms with E-state index in [1.54, 1.807) is 36.4 Å². The highest BCUT2D eigenvalue weighted by Crippen LogP contribution is 2.34. The molecule has 1 aromatic heterocycles. The van der Waals surface area contributed by atoms with Gasteiger partial charge in [-0.25, -0.2) is 4.98 Å². The van der Waals surface area contributed by atoms with E-state index in [9.17, 15) is 9.00 Å². The molecule has 0 radical (unpaired) electrons. The van der Waals surface area contributed by atoms with Crippen LogP contribution >= 0.6 is 34.5 Å². The van der Waals surface area contributed by atoms with Crippen LogP contribution in [0, 0.1) is 0 Å². The third-order valence-corrected chi connectivity index (χ3v) is 6.95. The maximum Gasteiger partial charge on any atom is 0.209 e. The van der Waals surface area contributed by atoms with Gasteiger partial charge in [0.2, 0.25) is 5.78 Å². The fourth-order valence-corrected chi connectivity index (χ4v) is 5.03. The highest BCUT2D eigenvalue weighted by atomic mass is 35.5. The second kappa shape index (κ2) is 10.4. The Balaban J connectivity index is 1.79. The summed E-state index contributed by atoms with van der Waals surface area (Å²) in [5.41, 5.74) is 6.84. The molecule has 0 amide bonds. The van der Waals surface area contributed by atoms with E-state index in [-0.39, 0.29) is 32.1 Å². The molecule has 10 heteroatoms. The molecule has 158 valence electrons. The Bertz CT molecular complexity index is 1070. The summed E-state index contributed by atoms with van der Waals surface area (Å²) in [6.07, 6.45) is 0. The molecule has 0 aliphatic rings. The number of nitrogens with one attached hydrogen (secondary N) is 1. The first-order chi connectivity index (χ1) is 14.4. The Labute approximate surface area is 190 Å². The summed E-state index contributed by atoms with van der Waals surface area (Å²) in [6.45, 7) is 2.91. The number of anilines is 3. The molecule has 2 aromatic carbocycles. The number of ether oxygens (including phenoxy) is 1. The SMILES string of the molecule is CCOCCS(=O)c1cccc(Nc2nc(N)c(C(=O)c3c(Cl)cccc3Cl)s2)c1. The third kappa shape index (κ3) is 5.39. The minimum Gasteiger partial charge on any atom is -0.382 e. The number of aromatic nitrogens is 1. The van der Waals surface area contributed by atoms with E-state index in [0.29, 0.717) is 34.7 Å². The summed E-state index contributed by atoms with van der Waals surface area (Å²) in [6, 6.07) is 12.0. The van der Waals surface area contributed by atoms with Crippen molar-refractivity contribution >= 4 is 67.8 Å². The smallest absolute Gasteiger partial charge is 0.209 e. The average molecular weight is 484 g/mol. The summed E-state index contributed by atoms with van der Waals surface area (Å²) in [5.74, 6) is 0.109. The van der Waals surface area contributed by atoms with Crippen molar-refractivity contribution in [3.8, 4) is 0 Å². The first-order valence-corrected chi connectivity index (χ1v) is 11.9. The molecule has 0 saturated carbocycles. The Morgan fingerprint density at radius 1 is 1.23 bits per heavy atom. The first kappa shape index (κ1) is 22.7. The monoisotopic (exact) mass is 483 g/mol. The van der Waals surface area contributed by atoms with Crippen LogP contribution in [0.3, 0.4) is 0 Å². The van der Waals surface area contributed by atoms with E-state index in [2.05, 4.69) is 10.3 Å². The Kier molecular flexibility index (Phi) is 7.85. The molecule has 6 nitrogen and oxygen atoms in total. The number of rotatable bonds is 9. The summed E-state index contributed by atoms with van der Waals surface area (Å²) in [4.78, 5) is 18.0. The van der Waals surface area contributed by atoms with Crippen LogP contribution in [0.15, 0.2) is 47.4 Å². The second-order valence-electron chi connectivity index (χ2n) is 6.06. The van der Waals surface area contributed by atoms with Crippen LogP contribution in [0.4, 0.5) is 16.6 Å². The number of carbonyl (C=O) groups is 1.